The van der Waals surface area contributed by atoms with Gasteiger partial charge in [0.1, 0.15) is 11.6 Å². The van der Waals surface area contributed by atoms with E-state index >= 15 is 0 Å². The van der Waals surface area contributed by atoms with Gasteiger partial charge in [-0.2, -0.15) is 0 Å². The van der Waals surface area contributed by atoms with Crippen LogP contribution in [0.25, 0.3) is 0 Å². The van der Waals surface area contributed by atoms with Crippen molar-refractivity contribution in [3.63, 3.8) is 0 Å². The molecule has 0 saturated carbocycles. The molecule has 4 heteroatoms. The number of benzene rings is 1. The molecule has 0 fully saturated rings. The van der Waals surface area contributed by atoms with Crippen LogP contribution in [0.1, 0.15) is 43.3 Å². The quantitative estimate of drug-likeness (QED) is 0.875. The Morgan fingerprint density at radius 3 is 2.80 bits per heavy atom. The van der Waals surface area contributed by atoms with Gasteiger partial charge >= 0.3 is 0 Å². The van der Waals surface area contributed by atoms with Crippen LogP contribution in [0.2, 0.25) is 0 Å². The maximum Gasteiger partial charge on any atom is 0.130 e. The second-order valence-electron chi connectivity index (χ2n) is 4.99. The van der Waals surface area contributed by atoms with Crippen LogP contribution in [0.4, 0.5) is 4.39 Å². The minimum absolute atomic E-state index is 0.179. The SMILES string of the molecule is CCCn1ccnc1C(NCC)c1ccc(C)cc1F. The van der Waals surface area contributed by atoms with E-state index < -0.39 is 0 Å². The number of aromatic nitrogens is 2. The Kier molecular flexibility index (Phi) is 4.90. The van der Waals surface area contributed by atoms with Crippen molar-refractivity contribution in [2.45, 2.75) is 39.8 Å². The zero-order chi connectivity index (χ0) is 14.5. The molecular weight excluding hydrogens is 253 g/mol. The maximum atomic E-state index is 14.3. The lowest BCUT2D eigenvalue weighted by Crippen LogP contribution is -2.26. The molecule has 0 spiro atoms. The largest absolute Gasteiger partial charge is 0.333 e. The van der Waals surface area contributed by atoms with Gasteiger partial charge in [-0.15, -0.1) is 0 Å². The molecule has 0 radical (unpaired) electrons. The Morgan fingerprint density at radius 1 is 1.35 bits per heavy atom. The van der Waals surface area contributed by atoms with Crippen molar-refractivity contribution in [3.05, 3.63) is 53.4 Å². The summed E-state index contributed by atoms with van der Waals surface area (Å²) < 4.78 is 16.3. The lowest BCUT2D eigenvalue weighted by molar-refractivity contribution is 0.514. The van der Waals surface area contributed by atoms with Crippen molar-refractivity contribution >= 4 is 0 Å². The number of imidazole rings is 1. The van der Waals surface area contributed by atoms with Crippen molar-refractivity contribution in [3.8, 4) is 0 Å². The summed E-state index contributed by atoms with van der Waals surface area (Å²) in [5.41, 5.74) is 1.58. The number of rotatable bonds is 6. The van der Waals surface area contributed by atoms with Crippen molar-refractivity contribution in [2.75, 3.05) is 6.54 Å². The van der Waals surface area contributed by atoms with Crippen LogP contribution in [0.15, 0.2) is 30.6 Å². The first-order valence-electron chi connectivity index (χ1n) is 7.17. The van der Waals surface area contributed by atoms with Crippen LogP contribution in [0, 0.1) is 12.7 Å². The predicted octanol–water partition coefficient (Wildman–Crippen LogP) is 3.44. The summed E-state index contributed by atoms with van der Waals surface area (Å²) in [5, 5.41) is 3.34. The molecule has 2 rings (SSSR count). The lowest BCUT2D eigenvalue weighted by Gasteiger charge is -2.20. The zero-order valence-electron chi connectivity index (χ0n) is 12.4. The molecule has 0 amide bonds. The molecule has 1 atom stereocenters. The summed E-state index contributed by atoms with van der Waals surface area (Å²) in [7, 11) is 0. The minimum atomic E-state index is -0.206. The molecular formula is C16H22FN3. The summed E-state index contributed by atoms with van der Waals surface area (Å²) in [5.74, 6) is 0.693. The molecule has 0 saturated heterocycles. The van der Waals surface area contributed by atoms with E-state index in [4.69, 9.17) is 0 Å². The first-order valence-corrected chi connectivity index (χ1v) is 7.17. The Hall–Kier alpha value is -1.68. The summed E-state index contributed by atoms with van der Waals surface area (Å²) in [6.45, 7) is 7.69. The van der Waals surface area contributed by atoms with Crippen molar-refractivity contribution in [1.29, 1.82) is 0 Å². The monoisotopic (exact) mass is 275 g/mol. The highest BCUT2D eigenvalue weighted by Gasteiger charge is 2.21. The summed E-state index contributed by atoms with van der Waals surface area (Å²) in [6.07, 6.45) is 4.76. The standard InChI is InChI=1S/C16H22FN3/c1-4-9-20-10-8-19-16(20)15(18-5-2)13-7-6-12(3)11-14(13)17/h6-8,10-11,15,18H,4-5,9H2,1-3H3. The number of halogens is 1. The number of hydrogen-bond donors (Lipinski definition) is 1. The van der Waals surface area contributed by atoms with Gasteiger partial charge in [-0.1, -0.05) is 26.0 Å². The molecule has 1 unspecified atom stereocenters. The number of aryl methyl sites for hydroxylation is 2. The maximum absolute atomic E-state index is 14.3. The van der Waals surface area contributed by atoms with Gasteiger partial charge < -0.3 is 9.88 Å². The van der Waals surface area contributed by atoms with Gasteiger partial charge in [0.2, 0.25) is 0 Å². The Labute approximate surface area is 119 Å². The molecule has 3 nitrogen and oxygen atoms in total. The molecule has 1 aromatic heterocycles. The second kappa shape index (κ2) is 6.66. The van der Waals surface area contributed by atoms with E-state index in [2.05, 4.69) is 21.8 Å². The molecule has 20 heavy (non-hydrogen) atoms. The molecule has 0 aliphatic heterocycles. The Bertz CT molecular complexity index is 563. The first-order chi connectivity index (χ1) is 9.67. The highest BCUT2D eigenvalue weighted by atomic mass is 19.1. The molecule has 0 aliphatic carbocycles. The molecule has 0 bridgehead atoms. The lowest BCUT2D eigenvalue weighted by atomic mass is 10.0. The van der Waals surface area contributed by atoms with Gasteiger partial charge in [0, 0.05) is 24.5 Å². The van der Waals surface area contributed by atoms with E-state index in [-0.39, 0.29) is 11.9 Å². The van der Waals surface area contributed by atoms with Gasteiger partial charge in [0.05, 0.1) is 6.04 Å². The van der Waals surface area contributed by atoms with Crippen LogP contribution >= 0.6 is 0 Å². The topological polar surface area (TPSA) is 29.9 Å². The Morgan fingerprint density at radius 2 is 2.15 bits per heavy atom. The van der Waals surface area contributed by atoms with Crippen LogP contribution in [-0.2, 0) is 6.54 Å². The fourth-order valence-corrected chi connectivity index (χ4v) is 2.42. The fraction of sp³-hybridized carbons (Fsp3) is 0.438. The smallest absolute Gasteiger partial charge is 0.130 e. The molecule has 1 N–H and O–H groups in total. The van der Waals surface area contributed by atoms with Gasteiger partial charge in [0.15, 0.2) is 0 Å². The highest BCUT2D eigenvalue weighted by Crippen LogP contribution is 2.24. The summed E-state index contributed by atoms with van der Waals surface area (Å²) in [6, 6.07) is 5.16. The molecule has 108 valence electrons. The summed E-state index contributed by atoms with van der Waals surface area (Å²) in [4.78, 5) is 4.43. The second-order valence-corrected chi connectivity index (χ2v) is 4.99. The minimum Gasteiger partial charge on any atom is -0.333 e. The van der Waals surface area contributed by atoms with Gasteiger partial charge in [-0.3, -0.25) is 0 Å². The third-order valence-corrected chi connectivity index (χ3v) is 3.35. The third kappa shape index (κ3) is 3.07. The van der Waals surface area contributed by atoms with Gasteiger partial charge in [0.25, 0.3) is 0 Å². The van der Waals surface area contributed by atoms with Crippen molar-refractivity contribution in [2.24, 2.45) is 0 Å². The van der Waals surface area contributed by atoms with Crippen LogP contribution in [0.5, 0.6) is 0 Å². The van der Waals surface area contributed by atoms with Crippen molar-refractivity contribution in [1.82, 2.24) is 14.9 Å². The molecule has 2 aromatic rings. The third-order valence-electron chi connectivity index (χ3n) is 3.35. The number of hydrogen-bond acceptors (Lipinski definition) is 2. The van der Waals surface area contributed by atoms with E-state index in [1.54, 1.807) is 12.3 Å². The average Bonchev–Trinajstić information content (AvgIpc) is 2.85. The van der Waals surface area contributed by atoms with Crippen LogP contribution in [-0.4, -0.2) is 16.1 Å². The molecule has 0 aliphatic rings. The van der Waals surface area contributed by atoms with E-state index in [1.807, 2.05) is 32.2 Å². The first kappa shape index (κ1) is 14.7. The van der Waals surface area contributed by atoms with Crippen LogP contribution in [0.3, 0.4) is 0 Å². The van der Waals surface area contributed by atoms with E-state index in [0.717, 1.165) is 30.9 Å². The zero-order valence-corrected chi connectivity index (χ0v) is 12.4. The van der Waals surface area contributed by atoms with E-state index in [0.29, 0.717) is 5.56 Å². The highest BCUT2D eigenvalue weighted by molar-refractivity contribution is 5.30. The van der Waals surface area contributed by atoms with Crippen molar-refractivity contribution < 1.29 is 4.39 Å². The van der Waals surface area contributed by atoms with Crippen LogP contribution < -0.4 is 5.32 Å². The normalized spacial score (nSPS) is 12.6. The predicted molar refractivity (Wildman–Crippen MR) is 79.2 cm³/mol. The van der Waals surface area contributed by atoms with Gasteiger partial charge in [-0.25, -0.2) is 9.37 Å². The fourth-order valence-electron chi connectivity index (χ4n) is 2.42. The van der Waals surface area contributed by atoms with Gasteiger partial charge in [-0.05, 0) is 31.5 Å². The van der Waals surface area contributed by atoms with E-state index in [9.17, 15) is 4.39 Å². The molecule has 1 aromatic carbocycles. The molecule has 1 heterocycles. The number of nitrogens with one attached hydrogen (secondary N) is 1. The number of nitrogens with zero attached hydrogens (tertiary/aromatic N) is 2. The Balaban J connectivity index is 2.42. The summed E-state index contributed by atoms with van der Waals surface area (Å²) >= 11 is 0. The average molecular weight is 275 g/mol. The van der Waals surface area contributed by atoms with E-state index in [1.165, 1.54) is 0 Å².